The van der Waals surface area contributed by atoms with Crippen LogP contribution in [0.2, 0.25) is 0 Å². The second kappa shape index (κ2) is 5.83. The Morgan fingerprint density at radius 1 is 1.14 bits per heavy atom. The van der Waals surface area contributed by atoms with Crippen LogP contribution in [-0.2, 0) is 4.79 Å². The van der Waals surface area contributed by atoms with Crippen LogP contribution in [0.1, 0.15) is 25.7 Å². The molecule has 1 aliphatic heterocycles. The number of hydrogen-bond donors (Lipinski definition) is 0. The topological polar surface area (TPSA) is 49.3 Å². The molecule has 1 saturated carbocycles. The predicted molar refractivity (Wildman–Crippen MR) is 88.2 cm³/mol. The number of nitrogens with zero attached hydrogens (tertiary/aromatic N) is 4. The smallest absolute Gasteiger partial charge is 0.225 e. The highest BCUT2D eigenvalue weighted by atomic mass is 32.1. The molecule has 1 amide bonds. The van der Waals surface area contributed by atoms with Crippen LogP contribution < -0.4 is 4.90 Å². The number of fused-ring (bicyclic) bond motifs is 1. The summed E-state index contributed by atoms with van der Waals surface area (Å²) in [6.45, 7) is 3.51. The Morgan fingerprint density at radius 3 is 2.86 bits per heavy atom. The summed E-state index contributed by atoms with van der Waals surface area (Å²) >= 11 is 1.65. The van der Waals surface area contributed by atoms with Crippen LogP contribution in [-0.4, -0.2) is 47.0 Å². The van der Waals surface area contributed by atoms with Gasteiger partial charge < -0.3 is 9.80 Å². The van der Waals surface area contributed by atoms with Crippen molar-refractivity contribution in [3.05, 3.63) is 17.8 Å². The number of hydrogen-bond acceptors (Lipinski definition) is 5. The van der Waals surface area contributed by atoms with Gasteiger partial charge in [-0.05, 0) is 30.7 Å². The number of amides is 1. The zero-order valence-electron chi connectivity index (χ0n) is 12.6. The highest BCUT2D eigenvalue weighted by molar-refractivity contribution is 7.16. The van der Waals surface area contributed by atoms with Gasteiger partial charge in [-0.3, -0.25) is 4.79 Å². The van der Waals surface area contributed by atoms with Crippen LogP contribution in [0, 0.1) is 5.92 Å². The molecule has 0 spiro atoms. The first-order valence-corrected chi connectivity index (χ1v) is 8.93. The minimum atomic E-state index is 0.300. The molecule has 1 saturated heterocycles. The maximum Gasteiger partial charge on any atom is 0.225 e. The van der Waals surface area contributed by atoms with Gasteiger partial charge in [0, 0.05) is 32.1 Å². The van der Waals surface area contributed by atoms with Crippen molar-refractivity contribution in [1.29, 1.82) is 0 Å². The van der Waals surface area contributed by atoms with Crippen LogP contribution >= 0.6 is 11.3 Å². The van der Waals surface area contributed by atoms with Crippen LogP contribution in [0.25, 0.3) is 10.2 Å². The van der Waals surface area contributed by atoms with Gasteiger partial charge in [-0.25, -0.2) is 9.97 Å². The zero-order valence-corrected chi connectivity index (χ0v) is 13.4. The molecule has 2 aliphatic rings. The molecule has 0 atom stereocenters. The lowest BCUT2D eigenvalue weighted by atomic mass is 9.84. The molecule has 22 heavy (non-hydrogen) atoms. The predicted octanol–water partition coefficient (Wildman–Crippen LogP) is 2.53. The fourth-order valence-corrected chi connectivity index (χ4v) is 4.02. The van der Waals surface area contributed by atoms with E-state index < -0.39 is 0 Å². The van der Waals surface area contributed by atoms with Gasteiger partial charge in [0.1, 0.15) is 17.0 Å². The van der Waals surface area contributed by atoms with Crippen molar-refractivity contribution in [3.8, 4) is 0 Å². The fraction of sp³-hybridized carbons (Fsp3) is 0.562. The average Bonchev–Trinajstić information content (AvgIpc) is 2.82. The molecule has 2 aromatic heterocycles. The second-order valence-electron chi connectivity index (χ2n) is 6.13. The molecule has 2 fully saturated rings. The highest BCUT2D eigenvalue weighted by Gasteiger charge is 2.30. The third-order valence-electron chi connectivity index (χ3n) is 4.80. The Morgan fingerprint density at radius 2 is 2.05 bits per heavy atom. The first-order valence-electron chi connectivity index (χ1n) is 8.05. The molecule has 0 aromatic carbocycles. The van der Waals surface area contributed by atoms with E-state index in [-0.39, 0.29) is 0 Å². The number of carbonyl (C=O) groups excluding carboxylic acids is 1. The van der Waals surface area contributed by atoms with Crippen LogP contribution in [0.5, 0.6) is 0 Å². The Bertz CT molecular complexity index is 682. The SMILES string of the molecule is O=C(C1CCC1)N1CCCN(c2ncnc3sccc23)CC1. The molecule has 1 aliphatic carbocycles. The largest absolute Gasteiger partial charge is 0.354 e. The van der Waals surface area contributed by atoms with Gasteiger partial charge in [-0.2, -0.15) is 0 Å². The maximum absolute atomic E-state index is 12.4. The van der Waals surface area contributed by atoms with E-state index in [0.717, 1.165) is 61.5 Å². The summed E-state index contributed by atoms with van der Waals surface area (Å²) in [6.07, 6.45) is 6.04. The van der Waals surface area contributed by atoms with Gasteiger partial charge >= 0.3 is 0 Å². The molecule has 2 aromatic rings. The second-order valence-corrected chi connectivity index (χ2v) is 7.02. The first kappa shape index (κ1) is 13.9. The fourth-order valence-electron chi connectivity index (χ4n) is 3.29. The standard InChI is InChI=1S/C16H20N4OS/c21-16(12-3-1-4-12)20-7-2-6-19(8-9-20)14-13-5-10-22-15(13)18-11-17-14/h5,10-12H,1-4,6-9H2. The van der Waals surface area contributed by atoms with Crippen LogP contribution in [0.4, 0.5) is 5.82 Å². The molecule has 5 nitrogen and oxygen atoms in total. The Labute approximate surface area is 134 Å². The number of anilines is 1. The molecule has 0 N–H and O–H groups in total. The number of aromatic nitrogens is 2. The minimum Gasteiger partial charge on any atom is -0.354 e. The van der Waals surface area contributed by atoms with E-state index in [1.165, 1.54) is 6.42 Å². The number of rotatable bonds is 2. The van der Waals surface area contributed by atoms with E-state index in [2.05, 4.69) is 31.2 Å². The molecule has 4 rings (SSSR count). The van der Waals surface area contributed by atoms with Gasteiger partial charge in [0.15, 0.2) is 0 Å². The van der Waals surface area contributed by atoms with E-state index in [9.17, 15) is 4.79 Å². The van der Waals surface area contributed by atoms with Crippen molar-refractivity contribution >= 4 is 33.3 Å². The van der Waals surface area contributed by atoms with E-state index >= 15 is 0 Å². The third-order valence-corrected chi connectivity index (χ3v) is 5.62. The van der Waals surface area contributed by atoms with E-state index in [0.29, 0.717) is 11.8 Å². The number of carbonyl (C=O) groups is 1. The van der Waals surface area contributed by atoms with E-state index in [4.69, 9.17) is 0 Å². The summed E-state index contributed by atoms with van der Waals surface area (Å²) in [7, 11) is 0. The Balaban J connectivity index is 1.50. The van der Waals surface area contributed by atoms with Gasteiger partial charge in [0.05, 0.1) is 5.39 Å². The van der Waals surface area contributed by atoms with Gasteiger partial charge in [-0.15, -0.1) is 11.3 Å². The summed E-state index contributed by atoms with van der Waals surface area (Å²) in [5.74, 6) is 1.69. The molecule has 0 unspecified atom stereocenters. The molecule has 6 heteroatoms. The average molecular weight is 316 g/mol. The van der Waals surface area contributed by atoms with Crippen molar-refractivity contribution in [1.82, 2.24) is 14.9 Å². The molecule has 0 radical (unpaired) electrons. The Kier molecular flexibility index (Phi) is 3.70. The normalized spacial score (nSPS) is 20.0. The highest BCUT2D eigenvalue weighted by Crippen LogP contribution is 2.30. The van der Waals surface area contributed by atoms with Gasteiger partial charge in [0.2, 0.25) is 5.91 Å². The lowest BCUT2D eigenvalue weighted by molar-refractivity contribution is -0.137. The molecule has 0 bridgehead atoms. The lowest BCUT2D eigenvalue weighted by Crippen LogP contribution is -2.41. The number of thiophene rings is 1. The summed E-state index contributed by atoms with van der Waals surface area (Å²) in [6, 6.07) is 2.09. The molecule has 3 heterocycles. The van der Waals surface area contributed by atoms with Gasteiger partial charge in [0.25, 0.3) is 0 Å². The monoisotopic (exact) mass is 316 g/mol. The van der Waals surface area contributed by atoms with Crippen molar-refractivity contribution in [2.75, 3.05) is 31.1 Å². The maximum atomic E-state index is 12.4. The molecular weight excluding hydrogens is 296 g/mol. The summed E-state index contributed by atoms with van der Waals surface area (Å²) in [5, 5.41) is 3.19. The summed E-state index contributed by atoms with van der Waals surface area (Å²) in [5.41, 5.74) is 0. The summed E-state index contributed by atoms with van der Waals surface area (Å²) in [4.78, 5) is 26.7. The van der Waals surface area contributed by atoms with Crippen LogP contribution in [0.15, 0.2) is 17.8 Å². The van der Waals surface area contributed by atoms with Crippen LogP contribution in [0.3, 0.4) is 0 Å². The minimum absolute atomic E-state index is 0.300. The van der Waals surface area contributed by atoms with Gasteiger partial charge in [-0.1, -0.05) is 6.42 Å². The zero-order chi connectivity index (χ0) is 14.9. The van der Waals surface area contributed by atoms with Crippen molar-refractivity contribution in [2.45, 2.75) is 25.7 Å². The molecular formula is C16H20N4OS. The summed E-state index contributed by atoms with van der Waals surface area (Å²) < 4.78 is 0. The third kappa shape index (κ3) is 2.45. The lowest BCUT2D eigenvalue weighted by Gasteiger charge is -2.31. The van der Waals surface area contributed by atoms with Crippen molar-refractivity contribution in [2.24, 2.45) is 5.92 Å². The molecule has 116 valence electrons. The van der Waals surface area contributed by atoms with Crippen molar-refractivity contribution < 1.29 is 4.79 Å². The first-order chi connectivity index (χ1) is 10.8. The quantitative estimate of drug-likeness (QED) is 0.854. The Hall–Kier alpha value is -1.69. The van der Waals surface area contributed by atoms with E-state index in [1.807, 2.05) is 0 Å². The van der Waals surface area contributed by atoms with E-state index in [1.54, 1.807) is 17.7 Å². The van der Waals surface area contributed by atoms with Crippen molar-refractivity contribution in [3.63, 3.8) is 0 Å².